The Morgan fingerprint density at radius 1 is 0.960 bits per heavy atom. The van der Waals surface area contributed by atoms with Crippen LogP contribution in [0.5, 0.6) is 0 Å². The summed E-state index contributed by atoms with van der Waals surface area (Å²) in [5.41, 5.74) is -0.318. The summed E-state index contributed by atoms with van der Waals surface area (Å²) in [5, 5.41) is 5.20. The minimum atomic E-state index is -2.31. The molecular weight excluding hydrogens is 347 g/mol. The number of nitrogens with one attached hydrogen (secondary N) is 1. The van der Waals surface area contributed by atoms with Crippen LogP contribution in [0.25, 0.3) is 0 Å². The molecule has 25 heavy (non-hydrogen) atoms. The monoisotopic (exact) mass is 358 g/mol. The number of hydrogen-bond donors (Lipinski definition) is 1. The number of hydrogen-bond acceptors (Lipinski definition) is 3. The average Bonchev–Trinajstić information content (AvgIpc) is 2.62. The summed E-state index contributed by atoms with van der Waals surface area (Å²) in [4.78, 5) is 16.3. The number of amides is 1. The fourth-order valence-corrected chi connectivity index (χ4v) is 1.81. The topological polar surface area (TPSA) is 50.7 Å². The number of oxime groups is 1. The number of benzene rings is 2. The molecule has 0 saturated carbocycles. The molecule has 1 amide bonds. The van der Waals surface area contributed by atoms with E-state index in [1.807, 2.05) is 0 Å². The van der Waals surface area contributed by atoms with Crippen molar-refractivity contribution in [3.63, 3.8) is 0 Å². The Balaban J connectivity index is 2.04. The fraction of sp³-hybridized carbons (Fsp3) is 0.125. The summed E-state index contributed by atoms with van der Waals surface area (Å²) in [6, 6.07) is 8.76. The van der Waals surface area contributed by atoms with Crippen LogP contribution < -0.4 is 5.32 Å². The summed E-state index contributed by atoms with van der Waals surface area (Å²) < 4.78 is 65.8. The van der Waals surface area contributed by atoms with E-state index in [9.17, 15) is 26.7 Å². The number of nitrogens with zero attached hydrogens (tertiary/aromatic N) is 1. The minimum absolute atomic E-state index is 0.421. The zero-order valence-corrected chi connectivity index (χ0v) is 12.7. The minimum Gasteiger partial charge on any atom is -0.385 e. The van der Waals surface area contributed by atoms with Gasteiger partial charge in [0, 0.05) is 0 Å². The van der Waals surface area contributed by atoms with Crippen molar-refractivity contribution in [2.45, 2.75) is 6.92 Å². The van der Waals surface area contributed by atoms with Crippen molar-refractivity contribution < 1.29 is 31.6 Å². The van der Waals surface area contributed by atoms with Crippen LogP contribution in [0.4, 0.5) is 27.6 Å². The van der Waals surface area contributed by atoms with E-state index in [-0.39, 0.29) is 0 Å². The molecule has 0 saturated heterocycles. The normalized spacial score (nSPS) is 11.4. The van der Waals surface area contributed by atoms with Crippen molar-refractivity contribution in [2.75, 3.05) is 11.9 Å². The van der Waals surface area contributed by atoms with Crippen LogP contribution in [-0.4, -0.2) is 18.2 Å². The second-order valence-electron chi connectivity index (χ2n) is 4.81. The third-order valence-electron chi connectivity index (χ3n) is 3.06. The Morgan fingerprint density at radius 2 is 1.48 bits per heavy atom. The first-order valence-electron chi connectivity index (χ1n) is 6.86. The summed E-state index contributed by atoms with van der Waals surface area (Å²) >= 11 is 0. The smallest absolute Gasteiger partial charge is 0.265 e. The molecule has 0 atom stereocenters. The highest BCUT2D eigenvalue weighted by Crippen LogP contribution is 2.26. The number of anilines is 1. The molecule has 132 valence electrons. The molecule has 0 heterocycles. The summed E-state index contributed by atoms with van der Waals surface area (Å²) in [6.07, 6.45) is 0. The molecule has 0 unspecified atom stereocenters. The van der Waals surface area contributed by atoms with E-state index >= 15 is 0 Å². The first-order chi connectivity index (χ1) is 11.8. The second kappa shape index (κ2) is 7.73. The molecule has 1 N–H and O–H groups in total. The van der Waals surface area contributed by atoms with Gasteiger partial charge in [0.1, 0.15) is 5.69 Å². The first-order valence-corrected chi connectivity index (χ1v) is 6.86. The van der Waals surface area contributed by atoms with E-state index in [4.69, 9.17) is 4.84 Å². The van der Waals surface area contributed by atoms with E-state index in [2.05, 4.69) is 5.16 Å². The Bertz CT molecular complexity index is 796. The van der Waals surface area contributed by atoms with Crippen molar-refractivity contribution in [3.05, 3.63) is 65.0 Å². The van der Waals surface area contributed by atoms with Crippen LogP contribution in [0.2, 0.25) is 0 Å². The Hall–Kier alpha value is -2.97. The van der Waals surface area contributed by atoms with Crippen LogP contribution >= 0.6 is 0 Å². The summed E-state index contributed by atoms with van der Waals surface area (Å²) in [7, 11) is 0. The van der Waals surface area contributed by atoms with Gasteiger partial charge in [-0.05, 0) is 12.5 Å². The number of carbonyl (C=O) groups excluding carboxylic acids is 1. The molecule has 0 fully saturated rings. The molecule has 0 aliphatic heterocycles. The molecule has 0 aromatic heterocycles. The van der Waals surface area contributed by atoms with E-state index < -0.39 is 47.3 Å². The van der Waals surface area contributed by atoms with Gasteiger partial charge in [-0.25, -0.2) is 22.0 Å². The van der Waals surface area contributed by atoms with Crippen LogP contribution in [0, 0.1) is 29.1 Å². The van der Waals surface area contributed by atoms with Gasteiger partial charge in [0.25, 0.3) is 5.91 Å². The lowest BCUT2D eigenvalue weighted by Crippen LogP contribution is -2.20. The number of halogens is 5. The lowest BCUT2D eigenvalue weighted by atomic mass is 10.1. The van der Waals surface area contributed by atoms with Gasteiger partial charge in [-0.3, -0.25) is 4.79 Å². The van der Waals surface area contributed by atoms with Crippen LogP contribution in [-0.2, 0) is 9.63 Å². The summed E-state index contributed by atoms with van der Waals surface area (Å²) in [5.74, 6) is -12.1. The SMILES string of the molecule is C/C(=N/OCC(=O)Nc1c(F)c(F)c(F)c(F)c1F)c1ccccc1. The number of rotatable bonds is 5. The quantitative estimate of drug-likeness (QED) is 0.291. The Kier molecular flexibility index (Phi) is 5.68. The molecule has 2 aromatic carbocycles. The van der Waals surface area contributed by atoms with Crippen LogP contribution in [0.15, 0.2) is 35.5 Å². The van der Waals surface area contributed by atoms with Crippen LogP contribution in [0.1, 0.15) is 12.5 Å². The standard InChI is InChI=1S/C16H11F5N2O2/c1-8(9-5-3-2-4-6-9)23-25-7-10(24)22-16-14(20)12(18)11(17)13(19)15(16)21/h2-6H,7H2,1H3,(H,22,24)/b23-8-. The van der Waals surface area contributed by atoms with Crippen molar-refractivity contribution in [1.82, 2.24) is 0 Å². The van der Waals surface area contributed by atoms with Crippen molar-refractivity contribution in [2.24, 2.45) is 5.16 Å². The van der Waals surface area contributed by atoms with Gasteiger partial charge >= 0.3 is 0 Å². The van der Waals surface area contributed by atoms with E-state index in [1.165, 1.54) is 0 Å². The lowest BCUT2D eigenvalue weighted by Gasteiger charge is -2.09. The third kappa shape index (κ3) is 4.11. The highest BCUT2D eigenvalue weighted by molar-refractivity contribution is 5.98. The molecule has 0 aliphatic rings. The zero-order valence-electron chi connectivity index (χ0n) is 12.7. The molecule has 0 spiro atoms. The van der Waals surface area contributed by atoms with Crippen molar-refractivity contribution >= 4 is 17.3 Å². The van der Waals surface area contributed by atoms with Crippen molar-refractivity contribution in [1.29, 1.82) is 0 Å². The van der Waals surface area contributed by atoms with Gasteiger partial charge in [0.05, 0.1) is 5.71 Å². The number of carbonyl (C=O) groups is 1. The molecular formula is C16H11F5N2O2. The molecule has 0 radical (unpaired) electrons. The van der Waals surface area contributed by atoms with E-state index in [0.29, 0.717) is 11.3 Å². The van der Waals surface area contributed by atoms with Gasteiger partial charge in [-0.2, -0.15) is 0 Å². The molecule has 2 rings (SSSR count). The predicted octanol–water partition coefficient (Wildman–Crippen LogP) is 3.76. The maximum atomic E-state index is 13.4. The highest BCUT2D eigenvalue weighted by Gasteiger charge is 2.26. The van der Waals surface area contributed by atoms with Gasteiger partial charge in [0.2, 0.25) is 5.82 Å². The Labute approximate surface area is 138 Å². The molecule has 4 nitrogen and oxygen atoms in total. The molecule has 2 aromatic rings. The largest absolute Gasteiger partial charge is 0.385 e. The first kappa shape index (κ1) is 18.4. The fourth-order valence-electron chi connectivity index (χ4n) is 1.81. The van der Waals surface area contributed by atoms with Gasteiger partial charge in [-0.1, -0.05) is 35.5 Å². The highest BCUT2D eigenvalue weighted by atomic mass is 19.2. The second-order valence-corrected chi connectivity index (χ2v) is 4.81. The average molecular weight is 358 g/mol. The van der Waals surface area contributed by atoms with Crippen molar-refractivity contribution in [3.8, 4) is 0 Å². The van der Waals surface area contributed by atoms with Gasteiger partial charge in [-0.15, -0.1) is 0 Å². The van der Waals surface area contributed by atoms with Gasteiger partial charge < -0.3 is 10.2 Å². The van der Waals surface area contributed by atoms with E-state index in [1.54, 1.807) is 42.6 Å². The maximum absolute atomic E-state index is 13.4. The molecule has 0 bridgehead atoms. The summed E-state index contributed by atoms with van der Waals surface area (Å²) in [6.45, 7) is 0.807. The predicted molar refractivity (Wildman–Crippen MR) is 79.5 cm³/mol. The third-order valence-corrected chi connectivity index (χ3v) is 3.06. The Morgan fingerprint density at radius 3 is 2.04 bits per heavy atom. The lowest BCUT2D eigenvalue weighted by molar-refractivity contribution is -0.120. The van der Waals surface area contributed by atoms with E-state index in [0.717, 1.165) is 0 Å². The maximum Gasteiger partial charge on any atom is 0.265 e. The van der Waals surface area contributed by atoms with Crippen LogP contribution in [0.3, 0.4) is 0 Å². The zero-order chi connectivity index (χ0) is 18.6. The molecule has 9 heteroatoms. The molecule has 0 aliphatic carbocycles. The van der Waals surface area contributed by atoms with Gasteiger partial charge in [0.15, 0.2) is 29.9 Å².